The van der Waals surface area contributed by atoms with Crippen LogP contribution in [0.5, 0.6) is 0 Å². The Balaban J connectivity index is 2.10. The fraction of sp³-hybridized carbons (Fsp3) is 0.500. The van der Waals surface area contributed by atoms with Crippen molar-refractivity contribution in [3.8, 4) is 0 Å². The molecular weight excluding hydrogens is 268 g/mol. The molecule has 2 amide bonds. The van der Waals surface area contributed by atoms with E-state index in [-0.39, 0.29) is 6.03 Å². The standard InChI is InChI=1S/C16H22N2O3/c1-2-3-6-10-17-16(21)18-11-9-13(15(19)20)12-7-4-5-8-14(12)18/h4-5,7-8,13H,2-3,6,9-11H2,1H3,(H,17,21)(H,19,20). The van der Waals surface area contributed by atoms with Crippen LogP contribution in [0.2, 0.25) is 0 Å². The highest BCUT2D eigenvalue weighted by molar-refractivity contribution is 5.95. The third-order valence-corrected chi connectivity index (χ3v) is 3.84. The van der Waals surface area contributed by atoms with E-state index in [0.29, 0.717) is 25.2 Å². The van der Waals surface area contributed by atoms with Gasteiger partial charge in [0.15, 0.2) is 0 Å². The van der Waals surface area contributed by atoms with Crippen LogP contribution < -0.4 is 10.2 Å². The monoisotopic (exact) mass is 290 g/mol. The number of amides is 2. The molecule has 1 aromatic rings. The van der Waals surface area contributed by atoms with Gasteiger partial charge in [-0.3, -0.25) is 9.69 Å². The highest BCUT2D eigenvalue weighted by atomic mass is 16.4. The molecule has 1 aliphatic rings. The molecule has 0 aromatic heterocycles. The quantitative estimate of drug-likeness (QED) is 0.819. The zero-order valence-corrected chi connectivity index (χ0v) is 12.3. The topological polar surface area (TPSA) is 69.6 Å². The summed E-state index contributed by atoms with van der Waals surface area (Å²) < 4.78 is 0. The Morgan fingerprint density at radius 1 is 1.33 bits per heavy atom. The van der Waals surface area contributed by atoms with Gasteiger partial charge in [0.2, 0.25) is 0 Å². The van der Waals surface area contributed by atoms with Gasteiger partial charge in [0.25, 0.3) is 0 Å². The van der Waals surface area contributed by atoms with E-state index in [1.807, 2.05) is 18.2 Å². The van der Waals surface area contributed by atoms with Gasteiger partial charge in [-0.2, -0.15) is 0 Å². The summed E-state index contributed by atoms with van der Waals surface area (Å²) in [6.45, 7) is 3.22. The smallest absolute Gasteiger partial charge is 0.321 e. The fourth-order valence-corrected chi connectivity index (χ4v) is 2.70. The first-order chi connectivity index (χ1) is 10.1. The largest absolute Gasteiger partial charge is 0.481 e. The number of benzene rings is 1. The Hall–Kier alpha value is -2.04. The predicted octanol–water partition coefficient (Wildman–Crippen LogP) is 2.96. The van der Waals surface area contributed by atoms with E-state index in [4.69, 9.17) is 0 Å². The number of carbonyl (C=O) groups excluding carboxylic acids is 1. The number of nitrogens with zero attached hydrogens (tertiary/aromatic N) is 1. The molecule has 2 N–H and O–H groups in total. The molecule has 0 fully saturated rings. The second-order valence-corrected chi connectivity index (χ2v) is 5.33. The van der Waals surface area contributed by atoms with Gasteiger partial charge in [-0.15, -0.1) is 0 Å². The number of aliphatic carboxylic acids is 1. The van der Waals surface area contributed by atoms with E-state index in [1.54, 1.807) is 11.0 Å². The Bertz CT molecular complexity index is 516. The molecule has 21 heavy (non-hydrogen) atoms. The highest BCUT2D eigenvalue weighted by Gasteiger charge is 2.32. The van der Waals surface area contributed by atoms with Crippen molar-refractivity contribution in [2.45, 2.75) is 38.5 Å². The molecule has 0 saturated heterocycles. The average molecular weight is 290 g/mol. The van der Waals surface area contributed by atoms with Crippen molar-refractivity contribution in [2.75, 3.05) is 18.0 Å². The maximum atomic E-state index is 12.3. The molecule has 0 spiro atoms. The fourth-order valence-electron chi connectivity index (χ4n) is 2.70. The summed E-state index contributed by atoms with van der Waals surface area (Å²) in [6, 6.07) is 7.13. The molecule has 1 atom stereocenters. The van der Waals surface area contributed by atoms with Gasteiger partial charge < -0.3 is 10.4 Å². The number of unbranched alkanes of at least 4 members (excludes halogenated alkanes) is 2. The van der Waals surface area contributed by atoms with Crippen LogP contribution in [0.4, 0.5) is 10.5 Å². The van der Waals surface area contributed by atoms with Crippen LogP contribution in [-0.4, -0.2) is 30.2 Å². The number of hydrogen-bond donors (Lipinski definition) is 2. The number of nitrogens with one attached hydrogen (secondary N) is 1. The van der Waals surface area contributed by atoms with Crippen molar-refractivity contribution >= 4 is 17.7 Å². The summed E-state index contributed by atoms with van der Waals surface area (Å²) in [5.74, 6) is -1.35. The molecule has 1 unspecified atom stereocenters. The molecule has 2 rings (SSSR count). The average Bonchev–Trinajstić information content (AvgIpc) is 2.50. The van der Waals surface area contributed by atoms with Crippen molar-refractivity contribution in [3.63, 3.8) is 0 Å². The molecule has 1 aromatic carbocycles. The summed E-state index contributed by atoms with van der Waals surface area (Å²) in [5, 5.41) is 12.2. The summed E-state index contributed by atoms with van der Waals surface area (Å²) in [7, 11) is 0. The van der Waals surface area contributed by atoms with Gasteiger partial charge in [-0.25, -0.2) is 4.79 Å². The minimum atomic E-state index is -0.828. The summed E-state index contributed by atoms with van der Waals surface area (Å²) in [5.41, 5.74) is 1.43. The van der Waals surface area contributed by atoms with Gasteiger partial charge >= 0.3 is 12.0 Å². The minimum absolute atomic E-state index is 0.137. The Kier molecular flexibility index (Phi) is 5.20. The molecule has 1 heterocycles. The molecule has 114 valence electrons. The number of fused-ring (bicyclic) bond motifs is 1. The number of para-hydroxylation sites is 1. The van der Waals surface area contributed by atoms with Crippen LogP contribution >= 0.6 is 0 Å². The van der Waals surface area contributed by atoms with Crippen LogP contribution in [0.3, 0.4) is 0 Å². The third-order valence-electron chi connectivity index (χ3n) is 3.84. The molecule has 0 bridgehead atoms. The van der Waals surface area contributed by atoms with E-state index in [9.17, 15) is 14.7 Å². The van der Waals surface area contributed by atoms with E-state index in [2.05, 4.69) is 12.2 Å². The Morgan fingerprint density at radius 3 is 2.81 bits per heavy atom. The number of anilines is 1. The maximum absolute atomic E-state index is 12.3. The van der Waals surface area contributed by atoms with Gasteiger partial charge in [0, 0.05) is 18.8 Å². The minimum Gasteiger partial charge on any atom is -0.481 e. The Morgan fingerprint density at radius 2 is 2.10 bits per heavy atom. The van der Waals surface area contributed by atoms with E-state index < -0.39 is 11.9 Å². The van der Waals surface area contributed by atoms with E-state index in [0.717, 1.165) is 24.8 Å². The van der Waals surface area contributed by atoms with Crippen molar-refractivity contribution < 1.29 is 14.7 Å². The van der Waals surface area contributed by atoms with Crippen LogP contribution in [0.15, 0.2) is 24.3 Å². The molecule has 5 heteroatoms. The first-order valence-electron chi connectivity index (χ1n) is 7.52. The summed E-state index contributed by atoms with van der Waals surface area (Å²) in [6.07, 6.45) is 3.63. The number of urea groups is 1. The molecule has 5 nitrogen and oxygen atoms in total. The lowest BCUT2D eigenvalue weighted by molar-refractivity contribution is -0.139. The lowest BCUT2D eigenvalue weighted by atomic mass is 9.90. The van der Waals surface area contributed by atoms with Gasteiger partial charge in [0.1, 0.15) is 0 Å². The number of rotatable bonds is 5. The van der Waals surface area contributed by atoms with Crippen molar-refractivity contribution in [3.05, 3.63) is 29.8 Å². The molecule has 0 saturated carbocycles. The van der Waals surface area contributed by atoms with Crippen LogP contribution in [0.25, 0.3) is 0 Å². The van der Waals surface area contributed by atoms with E-state index in [1.165, 1.54) is 0 Å². The second-order valence-electron chi connectivity index (χ2n) is 5.33. The molecular formula is C16H22N2O3. The maximum Gasteiger partial charge on any atom is 0.321 e. The van der Waals surface area contributed by atoms with Gasteiger partial charge in [-0.1, -0.05) is 38.0 Å². The van der Waals surface area contributed by atoms with Crippen molar-refractivity contribution in [1.29, 1.82) is 0 Å². The normalized spacial score (nSPS) is 17.2. The molecule has 0 radical (unpaired) electrons. The van der Waals surface area contributed by atoms with Crippen LogP contribution in [0, 0.1) is 0 Å². The molecule has 1 aliphatic heterocycles. The number of carboxylic acid groups (broad SMARTS) is 1. The van der Waals surface area contributed by atoms with Crippen molar-refractivity contribution in [2.24, 2.45) is 0 Å². The van der Waals surface area contributed by atoms with E-state index >= 15 is 0 Å². The molecule has 0 aliphatic carbocycles. The number of hydrogen-bond acceptors (Lipinski definition) is 2. The number of carboxylic acids is 1. The van der Waals surface area contributed by atoms with Crippen LogP contribution in [-0.2, 0) is 4.79 Å². The predicted molar refractivity (Wildman–Crippen MR) is 81.7 cm³/mol. The first kappa shape index (κ1) is 15.4. The van der Waals surface area contributed by atoms with Crippen molar-refractivity contribution in [1.82, 2.24) is 5.32 Å². The SMILES string of the molecule is CCCCCNC(=O)N1CCC(C(=O)O)c2ccccc21. The summed E-state index contributed by atoms with van der Waals surface area (Å²) >= 11 is 0. The third kappa shape index (κ3) is 3.54. The first-order valence-corrected chi connectivity index (χ1v) is 7.52. The lowest BCUT2D eigenvalue weighted by Gasteiger charge is -2.32. The lowest BCUT2D eigenvalue weighted by Crippen LogP contribution is -2.44. The summed E-state index contributed by atoms with van der Waals surface area (Å²) in [4.78, 5) is 25.2. The zero-order chi connectivity index (χ0) is 15.2. The Labute approximate surface area is 125 Å². The highest BCUT2D eigenvalue weighted by Crippen LogP contribution is 2.35. The zero-order valence-electron chi connectivity index (χ0n) is 12.3. The van der Waals surface area contributed by atoms with Gasteiger partial charge in [-0.05, 0) is 24.5 Å². The van der Waals surface area contributed by atoms with Crippen LogP contribution in [0.1, 0.15) is 44.1 Å². The second kappa shape index (κ2) is 7.11. The number of carbonyl (C=O) groups is 2. The van der Waals surface area contributed by atoms with Gasteiger partial charge in [0.05, 0.1) is 5.92 Å².